The number of hydrogen-bond acceptors (Lipinski definition) is 2. The van der Waals surface area contributed by atoms with Crippen LogP contribution in [0, 0.1) is 0 Å². The lowest BCUT2D eigenvalue weighted by atomic mass is 10.2. The van der Waals surface area contributed by atoms with Crippen molar-refractivity contribution in [3.63, 3.8) is 0 Å². The van der Waals surface area contributed by atoms with Crippen LogP contribution in [-0.4, -0.2) is 29.4 Å². The van der Waals surface area contributed by atoms with Gasteiger partial charge in [0.25, 0.3) is 5.91 Å². The molecule has 1 rings (SSSR count). The molecule has 2 N–H and O–H groups in total. The summed E-state index contributed by atoms with van der Waals surface area (Å²) in [5, 5.41) is 12.1. The van der Waals surface area contributed by atoms with Gasteiger partial charge in [0, 0.05) is 12.1 Å². The van der Waals surface area contributed by atoms with E-state index in [2.05, 4.69) is 19.2 Å². The van der Waals surface area contributed by atoms with Crippen molar-refractivity contribution in [2.75, 3.05) is 12.7 Å². The minimum absolute atomic E-state index is 0.0604. The van der Waals surface area contributed by atoms with E-state index in [4.69, 9.17) is 5.11 Å². The number of carbonyl (C=O) groups excluding carboxylic acids is 1. The second kappa shape index (κ2) is 8.10. The van der Waals surface area contributed by atoms with Gasteiger partial charge in [0.15, 0.2) is 0 Å². The molecule has 18 heavy (non-hydrogen) atoms. The highest BCUT2D eigenvalue weighted by Crippen LogP contribution is 2.22. The quantitative estimate of drug-likeness (QED) is 0.746. The Morgan fingerprint density at radius 2 is 2.00 bits per heavy atom. The van der Waals surface area contributed by atoms with Gasteiger partial charge in [-0.05, 0) is 42.5 Å². The molecule has 0 aliphatic carbocycles. The molecule has 0 fully saturated rings. The number of phenolic OH excluding ortho intramolecular Hbond substituents is 1. The summed E-state index contributed by atoms with van der Waals surface area (Å²) in [5.41, 5.74) is 1.19. The van der Waals surface area contributed by atoms with Crippen LogP contribution >= 0.6 is 8.58 Å². The van der Waals surface area contributed by atoms with Gasteiger partial charge in [-0.25, -0.2) is 0 Å². The van der Waals surface area contributed by atoms with Crippen molar-refractivity contribution < 1.29 is 9.90 Å². The molecule has 0 heterocycles. The lowest BCUT2D eigenvalue weighted by Gasteiger charge is -2.15. The van der Waals surface area contributed by atoms with Crippen molar-refractivity contribution in [3.8, 4) is 5.75 Å². The van der Waals surface area contributed by atoms with E-state index >= 15 is 0 Å². The lowest BCUT2D eigenvalue weighted by molar-refractivity contribution is 0.0953. The molecule has 0 saturated heterocycles. The van der Waals surface area contributed by atoms with Gasteiger partial charge in [0.2, 0.25) is 0 Å². The summed E-state index contributed by atoms with van der Waals surface area (Å²) < 4.78 is 0. The fourth-order valence-corrected chi connectivity index (χ4v) is 2.87. The van der Waals surface area contributed by atoms with E-state index in [1.165, 1.54) is 24.7 Å². The molecule has 0 aliphatic rings. The number of benzene rings is 1. The van der Waals surface area contributed by atoms with E-state index in [0.717, 1.165) is 21.5 Å². The Morgan fingerprint density at radius 1 is 1.33 bits per heavy atom. The van der Waals surface area contributed by atoms with E-state index in [1.807, 2.05) is 0 Å². The summed E-state index contributed by atoms with van der Waals surface area (Å²) in [6, 6.07) is 6.34. The summed E-state index contributed by atoms with van der Waals surface area (Å²) in [6.45, 7) is 5.10. The van der Waals surface area contributed by atoms with Crippen molar-refractivity contribution in [1.29, 1.82) is 0 Å². The molecule has 1 amide bonds. The van der Waals surface area contributed by atoms with E-state index in [1.54, 1.807) is 12.1 Å². The molecule has 0 bridgehead atoms. The van der Waals surface area contributed by atoms with Crippen LogP contribution in [-0.2, 0) is 0 Å². The van der Waals surface area contributed by atoms with Gasteiger partial charge in [-0.1, -0.05) is 20.3 Å². The molecule has 2 unspecified atom stereocenters. The zero-order valence-corrected chi connectivity index (χ0v) is 12.1. The molecule has 4 heteroatoms. The number of rotatable bonds is 7. The molecule has 0 spiro atoms. The van der Waals surface area contributed by atoms with Crippen molar-refractivity contribution in [2.24, 2.45) is 0 Å². The van der Waals surface area contributed by atoms with Crippen LogP contribution < -0.4 is 5.32 Å². The van der Waals surface area contributed by atoms with Crippen molar-refractivity contribution >= 4 is 14.5 Å². The molecule has 0 saturated carbocycles. The SMILES string of the molecule is CCCPC(CC)CNC(=O)c1ccc(O)cc1. The maximum Gasteiger partial charge on any atom is 0.251 e. The standard InChI is InChI=1S/C14H22NO2P/c1-3-9-18-13(4-2)10-15-14(17)11-5-7-12(16)8-6-11/h5-8,13,16,18H,3-4,9-10H2,1-2H3,(H,15,17). The predicted octanol–water partition coefficient (Wildman–Crippen LogP) is 2.99. The highest BCUT2D eigenvalue weighted by molar-refractivity contribution is 7.38. The highest BCUT2D eigenvalue weighted by Gasteiger charge is 2.09. The van der Waals surface area contributed by atoms with Crippen molar-refractivity contribution in [2.45, 2.75) is 32.3 Å². The zero-order valence-electron chi connectivity index (χ0n) is 11.1. The van der Waals surface area contributed by atoms with Crippen LogP contribution in [0.4, 0.5) is 0 Å². The van der Waals surface area contributed by atoms with Crippen LogP contribution in [0.15, 0.2) is 24.3 Å². The normalized spacial score (nSPS) is 12.8. The summed E-state index contributed by atoms with van der Waals surface area (Å²) in [4.78, 5) is 11.9. The second-order valence-corrected chi connectivity index (χ2v) is 6.04. The number of hydrogen-bond donors (Lipinski definition) is 2. The Kier molecular flexibility index (Phi) is 6.74. The largest absolute Gasteiger partial charge is 0.508 e. The minimum Gasteiger partial charge on any atom is -0.508 e. The van der Waals surface area contributed by atoms with Crippen molar-refractivity contribution in [1.82, 2.24) is 5.32 Å². The fourth-order valence-electron chi connectivity index (χ4n) is 1.64. The molecule has 100 valence electrons. The molecule has 0 aliphatic heterocycles. The summed E-state index contributed by atoms with van der Waals surface area (Å²) in [7, 11) is 0.924. The Balaban J connectivity index is 2.42. The third kappa shape index (κ3) is 5.05. The predicted molar refractivity (Wildman–Crippen MR) is 78.0 cm³/mol. The number of carbonyl (C=O) groups is 1. The number of phenols is 1. The third-order valence-electron chi connectivity index (χ3n) is 2.81. The van der Waals surface area contributed by atoms with Crippen LogP contribution in [0.1, 0.15) is 37.0 Å². The number of amides is 1. The molecular weight excluding hydrogens is 245 g/mol. The molecule has 3 nitrogen and oxygen atoms in total. The van der Waals surface area contributed by atoms with Gasteiger partial charge in [-0.15, -0.1) is 8.58 Å². The Morgan fingerprint density at radius 3 is 2.56 bits per heavy atom. The maximum atomic E-state index is 11.9. The van der Waals surface area contributed by atoms with E-state index in [-0.39, 0.29) is 11.7 Å². The van der Waals surface area contributed by atoms with Gasteiger partial charge in [0.05, 0.1) is 0 Å². The van der Waals surface area contributed by atoms with Crippen LogP contribution in [0.5, 0.6) is 5.75 Å². The topological polar surface area (TPSA) is 49.3 Å². The first kappa shape index (κ1) is 15.0. The maximum absolute atomic E-state index is 11.9. The average molecular weight is 267 g/mol. The van der Waals surface area contributed by atoms with Crippen LogP contribution in [0.2, 0.25) is 0 Å². The Hall–Kier alpha value is -1.08. The van der Waals surface area contributed by atoms with Crippen molar-refractivity contribution in [3.05, 3.63) is 29.8 Å². The monoisotopic (exact) mass is 267 g/mol. The fraction of sp³-hybridized carbons (Fsp3) is 0.500. The minimum atomic E-state index is -0.0604. The Bertz CT molecular complexity index is 365. The Labute approximate surface area is 111 Å². The van der Waals surface area contributed by atoms with E-state index in [9.17, 15) is 4.79 Å². The molecule has 0 aromatic heterocycles. The van der Waals surface area contributed by atoms with Gasteiger partial charge in [0.1, 0.15) is 5.75 Å². The second-order valence-electron chi connectivity index (χ2n) is 4.32. The average Bonchev–Trinajstić information content (AvgIpc) is 2.39. The number of aromatic hydroxyl groups is 1. The van der Waals surface area contributed by atoms with Gasteiger partial charge in [-0.3, -0.25) is 4.79 Å². The summed E-state index contributed by atoms with van der Waals surface area (Å²) in [6.07, 6.45) is 3.56. The number of nitrogens with one attached hydrogen (secondary N) is 1. The van der Waals surface area contributed by atoms with E-state index in [0.29, 0.717) is 11.2 Å². The molecule has 2 atom stereocenters. The van der Waals surface area contributed by atoms with Gasteiger partial charge >= 0.3 is 0 Å². The summed E-state index contributed by atoms with van der Waals surface area (Å²) >= 11 is 0. The van der Waals surface area contributed by atoms with Crippen LogP contribution in [0.3, 0.4) is 0 Å². The molecule has 1 aromatic carbocycles. The molecule has 0 radical (unpaired) electrons. The van der Waals surface area contributed by atoms with Gasteiger partial charge in [-0.2, -0.15) is 0 Å². The highest BCUT2D eigenvalue weighted by atomic mass is 31.1. The first-order chi connectivity index (χ1) is 8.67. The summed E-state index contributed by atoms with van der Waals surface area (Å²) in [5.74, 6) is 0.122. The molecule has 1 aromatic rings. The zero-order chi connectivity index (χ0) is 13.4. The van der Waals surface area contributed by atoms with Gasteiger partial charge < -0.3 is 10.4 Å². The van der Waals surface area contributed by atoms with Crippen LogP contribution in [0.25, 0.3) is 0 Å². The first-order valence-corrected chi connectivity index (χ1v) is 7.76. The smallest absolute Gasteiger partial charge is 0.251 e. The first-order valence-electron chi connectivity index (χ1n) is 6.48. The van der Waals surface area contributed by atoms with E-state index < -0.39 is 0 Å². The lowest BCUT2D eigenvalue weighted by Crippen LogP contribution is -2.30. The third-order valence-corrected chi connectivity index (χ3v) is 4.79. The molecular formula is C14H22NO2P.